The molecule has 2 rings (SSSR count). The number of hydrogen-bond donors (Lipinski definition) is 1. The third-order valence-corrected chi connectivity index (χ3v) is 2.33. The lowest BCUT2D eigenvalue weighted by Crippen LogP contribution is -1.99. The molecule has 0 radical (unpaired) electrons. The number of hydrogen-bond acceptors (Lipinski definition) is 4. The summed E-state index contributed by atoms with van der Waals surface area (Å²) in [5.74, 6) is -1.33. The van der Waals surface area contributed by atoms with Gasteiger partial charge in [0.1, 0.15) is 0 Å². The van der Waals surface area contributed by atoms with Gasteiger partial charge < -0.3 is 9.63 Å². The zero-order valence-corrected chi connectivity index (χ0v) is 8.81. The molecule has 0 saturated heterocycles. The van der Waals surface area contributed by atoms with Crippen LogP contribution in [0, 0.1) is 0 Å². The summed E-state index contributed by atoms with van der Waals surface area (Å²) in [4.78, 5) is 14.2. The van der Waals surface area contributed by atoms with E-state index in [1.807, 2.05) is 18.2 Å². The van der Waals surface area contributed by atoms with Crippen molar-refractivity contribution in [3.8, 4) is 0 Å². The fourth-order valence-electron chi connectivity index (χ4n) is 1.22. The summed E-state index contributed by atoms with van der Waals surface area (Å²) in [6.45, 7) is 0. The number of carboxylic acid groups (broad SMARTS) is 1. The summed E-state index contributed by atoms with van der Waals surface area (Å²) in [6, 6.07) is 7.19. The van der Waals surface area contributed by atoms with Crippen LogP contribution in [0.3, 0.4) is 0 Å². The molecule has 1 N–H and O–H groups in total. The molecular weight excluding hydrogens is 232 g/mol. The van der Waals surface area contributed by atoms with Crippen LogP contribution in [0.4, 0.5) is 0 Å². The number of halogens is 1. The van der Waals surface area contributed by atoms with Crippen molar-refractivity contribution >= 4 is 17.6 Å². The van der Waals surface area contributed by atoms with Gasteiger partial charge in [0.05, 0.1) is 6.42 Å². The molecule has 0 aliphatic heterocycles. The lowest BCUT2D eigenvalue weighted by Gasteiger charge is -1.98. The van der Waals surface area contributed by atoms with E-state index in [1.165, 1.54) is 0 Å². The van der Waals surface area contributed by atoms with Crippen LogP contribution in [0.15, 0.2) is 28.8 Å². The van der Waals surface area contributed by atoms with Crippen molar-refractivity contribution in [3.63, 3.8) is 0 Å². The summed E-state index contributed by atoms with van der Waals surface area (Å²) in [5, 5.41) is 12.5. The van der Waals surface area contributed by atoms with E-state index in [4.69, 9.17) is 21.2 Å². The first kappa shape index (κ1) is 10.6. The van der Waals surface area contributed by atoms with Gasteiger partial charge in [0.25, 0.3) is 5.82 Å². The van der Waals surface area contributed by atoms with Crippen LogP contribution in [0.5, 0.6) is 0 Å². The minimum Gasteiger partial charge on any atom is -0.475 e. The summed E-state index contributed by atoms with van der Waals surface area (Å²) in [7, 11) is 0. The Kier molecular flexibility index (Phi) is 2.87. The Balaban J connectivity index is 2.21. The van der Waals surface area contributed by atoms with Gasteiger partial charge in [-0.2, -0.15) is 4.98 Å². The largest absolute Gasteiger partial charge is 0.475 e. The van der Waals surface area contributed by atoms with Gasteiger partial charge >= 0.3 is 5.97 Å². The molecule has 0 unspecified atom stereocenters. The average Bonchev–Trinajstić information content (AvgIpc) is 2.70. The highest BCUT2D eigenvalue weighted by molar-refractivity contribution is 6.31. The molecule has 1 aromatic heterocycles. The molecule has 16 heavy (non-hydrogen) atoms. The van der Waals surface area contributed by atoms with Gasteiger partial charge in [0.2, 0.25) is 5.89 Å². The number of carboxylic acids is 1. The van der Waals surface area contributed by atoms with Crippen LogP contribution in [0.1, 0.15) is 22.1 Å². The Bertz CT molecular complexity index is 524. The number of aromatic nitrogens is 2. The predicted octanol–water partition coefficient (Wildman–Crippen LogP) is 2.01. The third kappa shape index (κ3) is 2.20. The van der Waals surface area contributed by atoms with Crippen LogP contribution in [-0.4, -0.2) is 21.2 Å². The highest BCUT2D eigenvalue weighted by Gasteiger charge is 2.13. The number of rotatable bonds is 3. The first-order chi connectivity index (χ1) is 7.66. The van der Waals surface area contributed by atoms with Crippen LogP contribution in [-0.2, 0) is 6.42 Å². The van der Waals surface area contributed by atoms with E-state index in [9.17, 15) is 4.79 Å². The first-order valence-electron chi connectivity index (χ1n) is 4.46. The van der Waals surface area contributed by atoms with Crippen molar-refractivity contribution in [1.82, 2.24) is 10.1 Å². The second-order valence-corrected chi connectivity index (χ2v) is 3.49. The summed E-state index contributed by atoms with van der Waals surface area (Å²) in [5.41, 5.74) is 0.810. The molecule has 5 nitrogen and oxygen atoms in total. The lowest BCUT2D eigenvalue weighted by atomic mass is 10.1. The molecule has 0 spiro atoms. The lowest BCUT2D eigenvalue weighted by molar-refractivity contribution is 0.0680. The number of nitrogens with zero attached hydrogens (tertiary/aromatic N) is 2. The Morgan fingerprint density at radius 3 is 2.81 bits per heavy atom. The van der Waals surface area contributed by atoms with Crippen LogP contribution in [0.25, 0.3) is 0 Å². The van der Waals surface area contributed by atoms with E-state index in [1.54, 1.807) is 6.07 Å². The van der Waals surface area contributed by atoms with Gasteiger partial charge in [0.15, 0.2) is 0 Å². The topological polar surface area (TPSA) is 76.2 Å². The van der Waals surface area contributed by atoms with Crippen molar-refractivity contribution in [3.05, 3.63) is 46.6 Å². The molecule has 0 aliphatic carbocycles. The summed E-state index contributed by atoms with van der Waals surface area (Å²) in [6.07, 6.45) is 0.319. The molecule has 82 valence electrons. The minimum atomic E-state index is -1.21. The fourth-order valence-corrected chi connectivity index (χ4v) is 1.42. The van der Waals surface area contributed by atoms with Gasteiger partial charge in [-0.3, -0.25) is 0 Å². The Hall–Kier alpha value is -1.88. The van der Waals surface area contributed by atoms with E-state index >= 15 is 0 Å². The SMILES string of the molecule is O=C(O)c1noc(Cc2ccccc2Cl)n1. The van der Waals surface area contributed by atoms with Gasteiger partial charge in [-0.05, 0) is 16.8 Å². The summed E-state index contributed by atoms with van der Waals surface area (Å²) >= 11 is 5.94. The Morgan fingerprint density at radius 2 is 2.19 bits per heavy atom. The van der Waals surface area contributed by atoms with E-state index in [0.717, 1.165) is 5.56 Å². The second kappa shape index (κ2) is 4.32. The van der Waals surface area contributed by atoms with Crippen LogP contribution < -0.4 is 0 Å². The van der Waals surface area contributed by atoms with Crippen molar-refractivity contribution in [1.29, 1.82) is 0 Å². The van der Waals surface area contributed by atoms with E-state index in [-0.39, 0.29) is 11.7 Å². The third-order valence-electron chi connectivity index (χ3n) is 1.96. The number of benzene rings is 1. The number of aromatic carboxylic acids is 1. The standard InChI is InChI=1S/C10H7ClN2O3/c11-7-4-2-1-3-6(7)5-8-12-9(10(14)15)13-16-8/h1-4H,5H2,(H,14,15). The van der Waals surface area contributed by atoms with Crippen molar-refractivity contribution in [2.75, 3.05) is 0 Å². The first-order valence-corrected chi connectivity index (χ1v) is 4.84. The molecular formula is C10H7ClN2O3. The molecule has 0 saturated carbocycles. The molecule has 6 heteroatoms. The average molecular weight is 239 g/mol. The normalized spacial score (nSPS) is 10.3. The Morgan fingerprint density at radius 1 is 1.44 bits per heavy atom. The summed E-state index contributed by atoms with van der Waals surface area (Å²) < 4.78 is 4.78. The molecule has 2 aromatic rings. The smallest absolute Gasteiger partial charge is 0.377 e. The maximum atomic E-state index is 10.5. The molecule has 1 aromatic carbocycles. The molecule has 0 amide bonds. The highest BCUT2D eigenvalue weighted by atomic mass is 35.5. The van der Waals surface area contributed by atoms with Crippen molar-refractivity contribution in [2.24, 2.45) is 0 Å². The van der Waals surface area contributed by atoms with E-state index in [2.05, 4.69) is 10.1 Å². The van der Waals surface area contributed by atoms with Gasteiger partial charge in [-0.1, -0.05) is 29.8 Å². The molecule has 1 heterocycles. The molecule has 0 atom stereocenters. The maximum Gasteiger partial charge on any atom is 0.377 e. The van der Waals surface area contributed by atoms with Crippen LogP contribution >= 0.6 is 11.6 Å². The van der Waals surface area contributed by atoms with Crippen molar-refractivity contribution < 1.29 is 14.4 Å². The maximum absolute atomic E-state index is 10.5. The second-order valence-electron chi connectivity index (χ2n) is 3.09. The van der Waals surface area contributed by atoms with Gasteiger partial charge in [-0.25, -0.2) is 4.79 Å². The van der Waals surface area contributed by atoms with E-state index < -0.39 is 5.97 Å². The molecule has 0 aliphatic rings. The quantitative estimate of drug-likeness (QED) is 0.885. The zero-order valence-electron chi connectivity index (χ0n) is 8.05. The highest BCUT2D eigenvalue weighted by Crippen LogP contribution is 2.17. The zero-order chi connectivity index (χ0) is 11.5. The van der Waals surface area contributed by atoms with E-state index in [0.29, 0.717) is 11.4 Å². The van der Waals surface area contributed by atoms with Crippen LogP contribution in [0.2, 0.25) is 5.02 Å². The predicted molar refractivity (Wildman–Crippen MR) is 55.5 cm³/mol. The molecule has 0 fully saturated rings. The van der Waals surface area contributed by atoms with Gasteiger partial charge in [-0.15, -0.1) is 0 Å². The fraction of sp³-hybridized carbons (Fsp3) is 0.100. The minimum absolute atomic E-state index is 0.227. The van der Waals surface area contributed by atoms with Crippen molar-refractivity contribution in [2.45, 2.75) is 6.42 Å². The number of carbonyl (C=O) groups is 1. The Labute approximate surface area is 95.7 Å². The molecule has 0 bridgehead atoms. The monoisotopic (exact) mass is 238 g/mol. The van der Waals surface area contributed by atoms with Gasteiger partial charge in [0, 0.05) is 5.02 Å².